The summed E-state index contributed by atoms with van der Waals surface area (Å²) in [5.74, 6) is -0.296. The van der Waals surface area contributed by atoms with Crippen molar-refractivity contribution in [2.75, 3.05) is 13.2 Å². The fourth-order valence-corrected chi connectivity index (χ4v) is 6.11. The van der Waals surface area contributed by atoms with Gasteiger partial charge >= 0.3 is 0 Å². The first-order valence-electron chi connectivity index (χ1n) is 7.33. The van der Waals surface area contributed by atoms with Crippen LogP contribution in [0.3, 0.4) is 0 Å². The Balaban J connectivity index is 2.05. The van der Waals surface area contributed by atoms with E-state index in [1.807, 2.05) is 24.3 Å². The van der Waals surface area contributed by atoms with Crippen LogP contribution >= 0.6 is 15.9 Å². The van der Waals surface area contributed by atoms with Gasteiger partial charge in [0.2, 0.25) is 0 Å². The zero-order valence-corrected chi connectivity index (χ0v) is 14.8. The van der Waals surface area contributed by atoms with Gasteiger partial charge < -0.3 is 10.8 Å². The Morgan fingerprint density at radius 1 is 1.09 bits per heavy atom. The number of hydrogen-bond donors (Lipinski definition) is 2. The smallest absolute Gasteiger partial charge is 0.182 e. The summed E-state index contributed by atoms with van der Waals surface area (Å²) >= 11 is 3.38. The zero-order chi connectivity index (χ0) is 16.7. The number of hydrogen-bond acceptors (Lipinski definition) is 4. The topological polar surface area (TPSA) is 80.4 Å². The van der Waals surface area contributed by atoms with Crippen molar-refractivity contribution in [3.05, 3.63) is 64.6 Å². The van der Waals surface area contributed by atoms with Crippen LogP contribution in [0.5, 0.6) is 0 Å². The van der Waals surface area contributed by atoms with E-state index in [0.717, 1.165) is 10.0 Å². The molecule has 0 aromatic heterocycles. The molecule has 2 aromatic rings. The summed E-state index contributed by atoms with van der Waals surface area (Å²) in [6.07, 6.45) is 0. The maximum absolute atomic E-state index is 13.0. The van der Waals surface area contributed by atoms with E-state index in [1.54, 1.807) is 30.3 Å². The number of halogens is 1. The molecule has 122 valence electrons. The molecule has 0 aliphatic heterocycles. The summed E-state index contributed by atoms with van der Waals surface area (Å²) in [7, 11) is -3.56. The van der Waals surface area contributed by atoms with Crippen LogP contribution in [0, 0.1) is 5.41 Å². The normalized spacial score (nSPS) is 26.9. The largest absolute Gasteiger partial charge is 0.396 e. The van der Waals surface area contributed by atoms with Crippen LogP contribution in [0.25, 0.3) is 0 Å². The van der Waals surface area contributed by atoms with Crippen molar-refractivity contribution in [3.63, 3.8) is 0 Å². The Morgan fingerprint density at radius 2 is 1.70 bits per heavy atom. The van der Waals surface area contributed by atoms with E-state index in [9.17, 15) is 13.5 Å². The molecule has 2 aromatic carbocycles. The maximum Gasteiger partial charge on any atom is 0.182 e. The molecule has 6 heteroatoms. The summed E-state index contributed by atoms with van der Waals surface area (Å²) in [6, 6.07) is 15.9. The second kappa shape index (κ2) is 6.02. The van der Waals surface area contributed by atoms with Gasteiger partial charge in [-0.1, -0.05) is 46.3 Å². The maximum atomic E-state index is 13.0. The summed E-state index contributed by atoms with van der Waals surface area (Å²) in [5, 5.41) is 9.17. The lowest BCUT2D eigenvalue weighted by molar-refractivity contribution is 0.212. The van der Waals surface area contributed by atoms with E-state index in [2.05, 4.69) is 15.9 Å². The standard InChI is InChI=1S/C17H18BrNO3S/c18-13-8-6-12(7-9-13)15-16(17(15,10-19)11-20)23(21,22)14-4-2-1-3-5-14/h1-9,15-16,20H,10-11,19H2. The van der Waals surface area contributed by atoms with Gasteiger partial charge in [0.25, 0.3) is 0 Å². The fraction of sp³-hybridized carbons (Fsp3) is 0.294. The van der Waals surface area contributed by atoms with Crippen molar-refractivity contribution >= 4 is 25.8 Å². The molecule has 0 radical (unpaired) electrons. The molecule has 0 spiro atoms. The quantitative estimate of drug-likeness (QED) is 0.813. The van der Waals surface area contributed by atoms with Crippen molar-refractivity contribution < 1.29 is 13.5 Å². The van der Waals surface area contributed by atoms with Crippen molar-refractivity contribution in [3.8, 4) is 0 Å². The van der Waals surface area contributed by atoms with E-state index >= 15 is 0 Å². The molecule has 1 aliphatic carbocycles. The molecule has 3 N–H and O–H groups in total. The molecule has 4 nitrogen and oxygen atoms in total. The summed E-state index contributed by atoms with van der Waals surface area (Å²) in [4.78, 5) is 0.274. The first kappa shape index (κ1) is 16.6. The molecular formula is C17H18BrNO3S. The predicted molar refractivity (Wildman–Crippen MR) is 92.9 cm³/mol. The average molecular weight is 396 g/mol. The first-order chi connectivity index (χ1) is 11.0. The molecule has 3 atom stereocenters. The Bertz CT molecular complexity index is 786. The second-order valence-corrected chi connectivity index (χ2v) is 8.89. The van der Waals surface area contributed by atoms with Gasteiger partial charge in [-0.2, -0.15) is 0 Å². The van der Waals surface area contributed by atoms with Crippen LogP contribution in [-0.4, -0.2) is 31.9 Å². The van der Waals surface area contributed by atoms with Gasteiger partial charge in [0.1, 0.15) is 0 Å². The number of aliphatic hydroxyl groups is 1. The Labute approximate surface area is 144 Å². The SMILES string of the molecule is NCC1(CO)C(c2ccc(Br)cc2)C1S(=O)(=O)c1ccccc1. The Kier molecular flexibility index (Phi) is 4.35. The van der Waals surface area contributed by atoms with Gasteiger partial charge in [-0.3, -0.25) is 0 Å². The van der Waals surface area contributed by atoms with Crippen LogP contribution in [-0.2, 0) is 9.84 Å². The summed E-state index contributed by atoms with van der Waals surface area (Å²) < 4.78 is 26.9. The molecule has 1 aliphatic rings. The van der Waals surface area contributed by atoms with E-state index in [1.165, 1.54) is 0 Å². The van der Waals surface area contributed by atoms with E-state index in [0.29, 0.717) is 0 Å². The van der Waals surface area contributed by atoms with Crippen LogP contribution < -0.4 is 5.73 Å². The minimum Gasteiger partial charge on any atom is -0.396 e. The lowest BCUT2D eigenvalue weighted by Gasteiger charge is -2.12. The number of aliphatic hydroxyl groups excluding tert-OH is 1. The minimum absolute atomic E-state index is 0.126. The molecule has 1 fully saturated rings. The van der Waals surface area contributed by atoms with Gasteiger partial charge in [0.15, 0.2) is 9.84 Å². The van der Waals surface area contributed by atoms with Gasteiger partial charge in [0, 0.05) is 22.4 Å². The predicted octanol–water partition coefficient (Wildman–Crippen LogP) is 2.33. The highest BCUT2D eigenvalue weighted by Crippen LogP contribution is 2.63. The molecule has 23 heavy (non-hydrogen) atoms. The van der Waals surface area contributed by atoms with Crippen molar-refractivity contribution in [2.24, 2.45) is 11.1 Å². The highest BCUT2D eigenvalue weighted by atomic mass is 79.9. The van der Waals surface area contributed by atoms with E-state index in [-0.39, 0.29) is 24.0 Å². The highest BCUT2D eigenvalue weighted by Gasteiger charge is 2.70. The highest BCUT2D eigenvalue weighted by molar-refractivity contribution is 9.10. The van der Waals surface area contributed by atoms with Crippen molar-refractivity contribution in [1.82, 2.24) is 0 Å². The minimum atomic E-state index is -3.56. The van der Waals surface area contributed by atoms with Crippen LogP contribution in [0.1, 0.15) is 11.5 Å². The molecule has 0 heterocycles. The summed E-state index contributed by atoms with van der Waals surface area (Å²) in [6.45, 7) is -0.123. The van der Waals surface area contributed by atoms with Gasteiger partial charge in [0.05, 0.1) is 16.8 Å². The average Bonchev–Trinajstić information content (AvgIpc) is 3.27. The molecule has 0 bridgehead atoms. The van der Waals surface area contributed by atoms with Crippen LogP contribution in [0.4, 0.5) is 0 Å². The monoisotopic (exact) mass is 395 g/mol. The third-order valence-electron chi connectivity index (χ3n) is 4.69. The molecular weight excluding hydrogens is 378 g/mol. The number of sulfone groups is 1. The van der Waals surface area contributed by atoms with E-state index in [4.69, 9.17) is 5.73 Å². The van der Waals surface area contributed by atoms with Crippen LogP contribution in [0.2, 0.25) is 0 Å². The molecule has 0 saturated heterocycles. The molecule has 0 amide bonds. The van der Waals surface area contributed by atoms with Gasteiger partial charge in [-0.15, -0.1) is 0 Å². The molecule has 3 unspecified atom stereocenters. The zero-order valence-electron chi connectivity index (χ0n) is 12.4. The second-order valence-electron chi connectivity index (χ2n) is 5.90. The van der Waals surface area contributed by atoms with Gasteiger partial charge in [-0.05, 0) is 29.8 Å². The lowest BCUT2D eigenvalue weighted by atomic mass is 10.0. The van der Waals surface area contributed by atoms with Crippen molar-refractivity contribution in [2.45, 2.75) is 16.1 Å². The number of nitrogens with two attached hydrogens (primary N) is 1. The van der Waals surface area contributed by atoms with Crippen LogP contribution in [0.15, 0.2) is 64.0 Å². The lowest BCUT2D eigenvalue weighted by Crippen LogP contribution is -2.27. The number of benzene rings is 2. The summed E-state index contributed by atoms with van der Waals surface area (Å²) in [5.41, 5.74) is 5.94. The fourth-order valence-electron chi connectivity index (χ4n) is 3.37. The van der Waals surface area contributed by atoms with E-state index < -0.39 is 20.5 Å². The van der Waals surface area contributed by atoms with Gasteiger partial charge in [-0.25, -0.2) is 8.42 Å². The molecule has 1 saturated carbocycles. The third kappa shape index (κ3) is 2.63. The first-order valence-corrected chi connectivity index (χ1v) is 9.66. The Morgan fingerprint density at radius 3 is 2.22 bits per heavy atom. The third-order valence-corrected chi connectivity index (χ3v) is 7.56. The molecule has 3 rings (SSSR count). The van der Waals surface area contributed by atoms with Crippen molar-refractivity contribution in [1.29, 1.82) is 0 Å². The number of rotatable bonds is 5. The Hall–Kier alpha value is -1.21.